The molecule has 92 valence electrons. The van der Waals surface area contributed by atoms with Crippen molar-refractivity contribution in [2.75, 3.05) is 5.32 Å². The van der Waals surface area contributed by atoms with Gasteiger partial charge in [0.1, 0.15) is 6.04 Å². The summed E-state index contributed by atoms with van der Waals surface area (Å²) in [5.41, 5.74) is 6.97. The molecule has 0 bridgehead atoms. The Morgan fingerprint density at radius 3 is 2.67 bits per heavy atom. The van der Waals surface area contributed by atoms with E-state index in [0.717, 1.165) is 15.7 Å². The first-order valence-corrected chi connectivity index (χ1v) is 6.18. The SMILES string of the molecule is NC(=O)C(Nc1ccccc1Br)c1cccnc1. The summed E-state index contributed by atoms with van der Waals surface area (Å²) in [5.74, 6) is -0.446. The third kappa shape index (κ3) is 2.87. The second kappa shape index (κ2) is 5.64. The van der Waals surface area contributed by atoms with Crippen molar-refractivity contribution in [3.8, 4) is 0 Å². The zero-order chi connectivity index (χ0) is 13.0. The Bertz CT molecular complexity index is 545. The molecule has 0 saturated heterocycles. The lowest BCUT2D eigenvalue weighted by atomic mass is 10.1. The van der Waals surface area contributed by atoms with Gasteiger partial charge in [-0.05, 0) is 34.1 Å². The number of carbonyl (C=O) groups excluding carboxylic acids is 1. The minimum atomic E-state index is -0.600. The van der Waals surface area contributed by atoms with Crippen LogP contribution in [-0.4, -0.2) is 10.9 Å². The first-order valence-electron chi connectivity index (χ1n) is 5.39. The molecule has 1 heterocycles. The van der Waals surface area contributed by atoms with Crippen LogP contribution in [0.25, 0.3) is 0 Å². The molecular weight excluding hydrogens is 294 g/mol. The molecule has 0 saturated carbocycles. The van der Waals surface area contributed by atoms with Crippen LogP contribution in [0, 0.1) is 0 Å². The number of nitrogens with one attached hydrogen (secondary N) is 1. The maximum absolute atomic E-state index is 11.5. The van der Waals surface area contributed by atoms with Crippen LogP contribution in [0.15, 0.2) is 53.3 Å². The van der Waals surface area contributed by atoms with Crippen LogP contribution in [0.2, 0.25) is 0 Å². The normalized spacial score (nSPS) is 11.8. The number of nitrogens with zero attached hydrogens (tertiary/aromatic N) is 1. The van der Waals surface area contributed by atoms with Gasteiger partial charge in [0.15, 0.2) is 0 Å². The van der Waals surface area contributed by atoms with Crippen molar-refractivity contribution >= 4 is 27.5 Å². The molecule has 1 amide bonds. The van der Waals surface area contributed by atoms with E-state index in [2.05, 4.69) is 26.2 Å². The van der Waals surface area contributed by atoms with Crippen LogP contribution in [0.5, 0.6) is 0 Å². The zero-order valence-corrected chi connectivity index (χ0v) is 11.1. The number of aromatic nitrogens is 1. The minimum Gasteiger partial charge on any atom is -0.369 e. The minimum absolute atomic E-state index is 0.446. The topological polar surface area (TPSA) is 68.0 Å². The molecule has 1 atom stereocenters. The molecular formula is C13H12BrN3O. The lowest BCUT2D eigenvalue weighted by molar-refractivity contribution is -0.118. The first kappa shape index (κ1) is 12.6. The van der Waals surface area contributed by atoms with E-state index < -0.39 is 11.9 Å². The van der Waals surface area contributed by atoms with Gasteiger partial charge in [-0.3, -0.25) is 9.78 Å². The number of rotatable bonds is 4. The summed E-state index contributed by atoms with van der Waals surface area (Å²) in [4.78, 5) is 15.5. The Morgan fingerprint density at radius 1 is 1.28 bits per heavy atom. The zero-order valence-electron chi connectivity index (χ0n) is 9.51. The number of halogens is 1. The van der Waals surface area contributed by atoms with Crippen LogP contribution in [0.1, 0.15) is 11.6 Å². The number of anilines is 1. The van der Waals surface area contributed by atoms with E-state index in [1.54, 1.807) is 18.5 Å². The van der Waals surface area contributed by atoms with E-state index >= 15 is 0 Å². The van der Waals surface area contributed by atoms with Gasteiger partial charge in [-0.25, -0.2) is 0 Å². The van der Waals surface area contributed by atoms with Gasteiger partial charge in [-0.15, -0.1) is 0 Å². The molecule has 2 rings (SSSR count). The van der Waals surface area contributed by atoms with E-state index in [4.69, 9.17) is 5.73 Å². The van der Waals surface area contributed by atoms with Crippen LogP contribution >= 0.6 is 15.9 Å². The number of carbonyl (C=O) groups is 1. The van der Waals surface area contributed by atoms with Gasteiger partial charge >= 0.3 is 0 Å². The highest BCUT2D eigenvalue weighted by atomic mass is 79.9. The van der Waals surface area contributed by atoms with Gasteiger partial charge in [0.25, 0.3) is 0 Å². The predicted molar refractivity (Wildman–Crippen MR) is 73.9 cm³/mol. The average Bonchev–Trinajstić information content (AvgIpc) is 2.38. The number of nitrogens with two attached hydrogens (primary N) is 1. The molecule has 0 aliphatic heterocycles. The Morgan fingerprint density at radius 2 is 2.06 bits per heavy atom. The second-order valence-corrected chi connectivity index (χ2v) is 4.60. The van der Waals surface area contributed by atoms with E-state index in [9.17, 15) is 4.79 Å². The summed E-state index contributed by atoms with van der Waals surface area (Å²) in [7, 11) is 0. The summed E-state index contributed by atoms with van der Waals surface area (Å²) >= 11 is 3.42. The van der Waals surface area contributed by atoms with Crippen LogP contribution in [-0.2, 0) is 4.79 Å². The summed E-state index contributed by atoms with van der Waals surface area (Å²) in [6.45, 7) is 0. The molecule has 0 aliphatic rings. The molecule has 1 aromatic carbocycles. The molecule has 1 aromatic heterocycles. The van der Waals surface area contributed by atoms with Gasteiger partial charge < -0.3 is 11.1 Å². The number of hydrogen-bond donors (Lipinski definition) is 2. The maximum Gasteiger partial charge on any atom is 0.244 e. The fourth-order valence-electron chi connectivity index (χ4n) is 1.60. The number of primary amides is 1. The lowest BCUT2D eigenvalue weighted by Gasteiger charge is -2.17. The van der Waals surface area contributed by atoms with E-state index in [0.29, 0.717) is 0 Å². The van der Waals surface area contributed by atoms with Crippen molar-refractivity contribution in [2.24, 2.45) is 5.73 Å². The van der Waals surface area contributed by atoms with Crippen molar-refractivity contribution in [3.63, 3.8) is 0 Å². The third-order valence-corrected chi connectivity index (χ3v) is 3.17. The van der Waals surface area contributed by atoms with Crippen molar-refractivity contribution < 1.29 is 4.79 Å². The first-order chi connectivity index (χ1) is 8.68. The van der Waals surface area contributed by atoms with Gasteiger partial charge in [0, 0.05) is 28.1 Å². The highest BCUT2D eigenvalue weighted by molar-refractivity contribution is 9.10. The molecule has 2 aromatic rings. The molecule has 18 heavy (non-hydrogen) atoms. The Balaban J connectivity index is 2.28. The Labute approximate surface area is 113 Å². The van der Waals surface area contributed by atoms with E-state index in [1.807, 2.05) is 30.3 Å². The van der Waals surface area contributed by atoms with Gasteiger partial charge in [-0.2, -0.15) is 0 Å². The molecule has 0 radical (unpaired) electrons. The lowest BCUT2D eigenvalue weighted by Crippen LogP contribution is -2.27. The fraction of sp³-hybridized carbons (Fsp3) is 0.0769. The van der Waals surface area contributed by atoms with Crippen LogP contribution in [0.4, 0.5) is 5.69 Å². The molecule has 0 fully saturated rings. The highest BCUT2D eigenvalue weighted by Gasteiger charge is 2.18. The number of para-hydroxylation sites is 1. The smallest absolute Gasteiger partial charge is 0.244 e. The van der Waals surface area contributed by atoms with E-state index in [1.165, 1.54) is 0 Å². The Kier molecular flexibility index (Phi) is 3.94. The van der Waals surface area contributed by atoms with Crippen molar-refractivity contribution in [2.45, 2.75) is 6.04 Å². The summed E-state index contributed by atoms with van der Waals surface area (Å²) in [5, 5.41) is 3.10. The van der Waals surface area contributed by atoms with E-state index in [-0.39, 0.29) is 0 Å². The van der Waals surface area contributed by atoms with Crippen molar-refractivity contribution in [1.29, 1.82) is 0 Å². The molecule has 4 nitrogen and oxygen atoms in total. The fourth-order valence-corrected chi connectivity index (χ4v) is 2.00. The largest absolute Gasteiger partial charge is 0.369 e. The van der Waals surface area contributed by atoms with Crippen LogP contribution in [0.3, 0.4) is 0 Å². The Hall–Kier alpha value is -1.88. The molecule has 0 spiro atoms. The average molecular weight is 306 g/mol. The molecule has 1 unspecified atom stereocenters. The maximum atomic E-state index is 11.5. The monoisotopic (exact) mass is 305 g/mol. The highest BCUT2D eigenvalue weighted by Crippen LogP contribution is 2.25. The molecule has 0 aliphatic carbocycles. The van der Waals surface area contributed by atoms with Crippen molar-refractivity contribution in [1.82, 2.24) is 4.98 Å². The standard InChI is InChI=1S/C13H12BrN3O/c14-10-5-1-2-6-11(10)17-12(13(15)18)9-4-3-7-16-8-9/h1-8,12,17H,(H2,15,18). The molecule has 3 N–H and O–H groups in total. The third-order valence-electron chi connectivity index (χ3n) is 2.48. The number of amides is 1. The summed E-state index contributed by atoms with van der Waals surface area (Å²) < 4.78 is 0.875. The van der Waals surface area contributed by atoms with Crippen LogP contribution < -0.4 is 11.1 Å². The quantitative estimate of drug-likeness (QED) is 0.912. The molecule has 5 heteroatoms. The number of pyridine rings is 1. The summed E-state index contributed by atoms with van der Waals surface area (Å²) in [6.07, 6.45) is 3.28. The second-order valence-electron chi connectivity index (χ2n) is 3.75. The summed E-state index contributed by atoms with van der Waals surface area (Å²) in [6, 6.07) is 10.5. The number of hydrogen-bond acceptors (Lipinski definition) is 3. The van der Waals surface area contributed by atoms with Gasteiger partial charge in [0.2, 0.25) is 5.91 Å². The predicted octanol–water partition coefficient (Wildman–Crippen LogP) is 2.48. The number of benzene rings is 1. The van der Waals surface area contributed by atoms with Crippen molar-refractivity contribution in [3.05, 3.63) is 58.8 Å². The van der Waals surface area contributed by atoms with Gasteiger partial charge in [0.05, 0.1) is 0 Å². The van der Waals surface area contributed by atoms with Gasteiger partial charge in [-0.1, -0.05) is 18.2 Å².